The molecule has 2 aliphatic rings. The lowest BCUT2D eigenvalue weighted by atomic mass is 10.2. The van der Waals surface area contributed by atoms with Crippen LogP contribution in [0.4, 0.5) is 17.6 Å². The number of piperazine rings is 1. The molecule has 1 aromatic carbocycles. The molecular formula is C20H27N7O2. The number of anilines is 3. The number of carbonyl (C=O) groups is 1. The Labute approximate surface area is 170 Å². The first-order chi connectivity index (χ1) is 14.1. The molecule has 1 aromatic heterocycles. The average molecular weight is 397 g/mol. The van der Waals surface area contributed by atoms with Crippen LogP contribution in [0.15, 0.2) is 24.3 Å². The maximum absolute atomic E-state index is 12.5. The topological polar surface area (TPSA) is 110 Å². The molecule has 1 atom stereocenters. The summed E-state index contributed by atoms with van der Waals surface area (Å²) in [7, 11) is 0. The highest BCUT2D eigenvalue weighted by molar-refractivity contribution is 5.81. The first-order valence-corrected chi connectivity index (χ1v) is 10.0. The maximum atomic E-state index is 12.5. The van der Waals surface area contributed by atoms with Crippen LogP contribution in [0.1, 0.15) is 24.2 Å². The van der Waals surface area contributed by atoms with E-state index in [4.69, 9.17) is 10.5 Å². The Morgan fingerprint density at radius 2 is 1.93 bits per heavy atom. The highest BCUT2D eigenvalue weighted by Gasteiger charge is 2.30. The van der Waals surface area contributed by atoms with Crippen LogP contribution in [0.3, 0.4) is 0 Å². The number of benzene rings is 1. The third-order valence-corrected chi connectivity index (χ3v) is 5.26. The van der Waals surface area contributed by atoms with E-state index in [1.54, 1.807) is 0 Å². The van der Waals surface area contributed by atoms with Gasteiger partial charge in [0.25, 0.3) is 5.91 Å². The summed E-state index contributed by atoms with van der Waals surface area (Å²) in [6.45, 7) is 6.21. The lowest BCUT2D eigenvalue weighted by Gasteiger charge is -2.35. The smallest absolute Gasteiger partial charge is 0.251 e. The molecule has 0 aliphatic carbocycles. The summed E-state index contributed by atoms with van der Waals surface area (Å²) in [5, 5.41) is 3.18. The molecule has 2 aromatic rings. The van der Waals surface area contributed by atoms with Crippen LogP contribution in [-0.2, 0) is 16.1 Å². The Hall–Kier alpha value is -2.78. The van der Waals surface area contributed by atoms with E-state index >= 15 is 0 Å². The molecule has 0 saturated carbocycles. The molecule has 9 heteroatoms. The van der Waals surface area contributed by atoms with Gasteiger partial charge in [-0.05, 0) is 31.9 Å². The molecule has 0 unspecified atom stereocenters. The summed E-state index contributed by atoms with van der Waals surface area (Å²) in [5.74, 6) is 1.36. The minimum Gasteiger partial charge on any atom is -0.368 e. The van der Waals surface area contributed by atoms with Crippen LogP contribution < -0.4 is 11.1 Å². The van der Waals surface area contributed by atoms with Crippen molar-refractivity contribution in [1.29, 1.82) is 0 Å². The molecular weight excluding hydrogens is 370 g/mol. The van der Waals surface area contributed by atoms with Gasteiger partial charge in [0.05, 0.1) is 6.54 Å². The van der Waals surface area contributed by atoms with E-state index in [-0.39, 0.29) is 18.0 Å². The standard InChI is InChI=1S/C20H27N7O2/c1-14-4-6-15(7-5-14)22-20-24-17(23-19(21)25-20)13-26-8-10-27(11-9-26)18(28)16-3-2-12-29-16/h4-7,16H,2-3,8-13H2,1H3,(H3,21,22,23,24,25)/t16-/m1/s1. The maximum Gasteiger partial charge on any atom is 0.251 e. The molecule has 2 fully saturated rings. The Balaban J connectivity index is 1.34. The fraction of sp³-hybridized carbons (Fsp3) is 0.500. The number of nitrogen functional groups attached to an aromatic ring is 1. The van der Waals surface area contributed by atoms with Gasteiger partial charge in [-0.2, -0.15) is 15.0 Å². The minimum atomic E-state index is -0.250. The van der Waals surface area contributed by atoms with E-state index in [0.29, 0.717) is 38.0 Å². The molecule has 2 aliphatic heterocycles. The van der Waals surface area contributed by atoms with Gasteiger partial charge < -0.3 is 20.7 Å². The molecule has 0 bridgehead atoms. The summed E-state index contributed by atoms with van der Waals surface area (Å²) in [6.07, 6.45) is 1.55. The zero-order chi connectivity index (χ0) is 20.2. The van der Waals surface area contributed by atoms with Gasteiger partial charge in [-0.15, -0.1) is 0 Å². The number of carbonyl (C=O) groups excluding carboxylic acids is 1. The van der Waals surface area contributed by atoms with Crippen molar-refractivity contribution < 1.29 is 9.53 Å². The largest absolute Gasteiger partial charge is 0.368 e. The number of aryl methyl sites for hydroxylation is 1. The van der Waals surface area contributed by atoms with E-state index < -0.39 is 0 Å². The zero-order valence-corrected chi connectivity index (χ0v) is 16.7. The van der Waals surface area contributed by atoms with Crippen molar-refractivity contribution in [2.24, 2.45) is 0 Å². The third kappa shape index (κ3) is 4.99. The summed E-state index contributed by atoms with van der Waals surface area (Å²) >= 11 is 0. The zero-order valence-electron chi connectivity index (χ0n) is 16.7. The second kappa shape index (κ2) is 8.71. The van der Waals surface area contributed by atoms with Gasteiger partial charge in [0.15, 0.2) is 0 Å². The Morgan fingerprint density at radius 3 is 2.62 bits per heavy atom. The van der Waals surface area contributed by atoms with Crippen molar-refractivity contribution in [3.05, 3.63) is 35.7 Å². The Kier molecular flexibility index (Phi) is 5.86. The van der Waals surface area contributed by atoms with Gasteiger partial charge in [0.2, 0.25) is 11.9 Å². The highest BCUT2D eigenvalue weighted by Crippen LogP contribution is 2.17. The Bertz CT molecular complexity index is 844. The number of nitrogens with two attached hydrogens (primary N) is 1. The summed E-state index contributed by atoms with van der Waals surface area (Å²) in [5.41, 5.74) is 7.97. The second-order valence-corrected chi connectivity index (χ2v) is 7.53. The van der Waals surface area contributed by atoms with Crippen molar-refractivity contribution in [1.82, 2.24) is 24.8 Å². The van der Waals surface area contributed by atoms with E-state index in [2.05, 4.69) is 25.2 Å². The van der Waals surface area contributed by atoms with Gasteiger partial charge in [-0.25, -0.2) is 0 Å². The van der Waals surface area contributed by atoms with Crippen LogP contribution in [0.2, 0.25) is 0 Å². The number of nitrogens with one attached hydrogen (secondary N) is 1. The molecule has 3 heterocycles. The molecule has 0 spiro atoms. The van der Waals surface area contributed by atoms with Crippen LogP contribution in [0.25, 0.3) is 0 Å². The molecule has 4 rings (SSSR count). The number of hydrogen-bond donors (Lipinski definition) is 2. The number of hydrogen-bond acceptors (Lipinski definition) is 8. The third-order valence-electron chi connectivity index (χ3n) is 5.26. The fourth-order valence-corrected chi connectivity index (χ4v) is 3.63. The van der Waals surface area contributed by atoms with Crippen molar-refractivity contribution in [2.75, 3.05) is 43.8 Å². The molecule has 1 amide bonds. The number of nitrogens with zero attached hydrogens (tertiary/aromatic N) is 5. The van der Waals surface area contributed by atoms with E-state index in [0.717, 1.165) is 31.6 Å². The predicted octanol–water partition coefficient (Wildman–Crippen LogP) is 1.33. The second-order valence-electron chi connectivity index (χ2n) is 7.53. The number of ether oxygens (including phenoxy) is 1. The van der Waals surface area contributed by atoms with Gasteiger partial charge in [0.1, 0.15) is 11.9 Å². The fourth-order valence-electron chi connectivity index (χ4n) is 3.63. The number of aromatic nitrogens is 3. The van der Waals surface area contributed by atoms with Gasteiger partial charge in [-0.3, -0.25) is 9.69 Å². The summed E-state index contributed by atoms with van der Waals surface area (Å²) in [6, 6.07) is 7.98. The van der Waals surface area contributed by atoms with Crippen molar-refractivity contribution in [3.63, 3.8) is 0 Å². The van der Waals surface area contributed by atoms with Crippen LogP contribution in [-0.4, -0.2) is 69.5 Å². The van der Waals surface area contributed by atoms with E-state index in [1.807, 2.05) is 36.1 Å². The van der Waals surface area contributed by atoms with Gasteiger partial charge in [0, 0.05) is 38.5 Å². The van der Waals surface area contributed by atoms with Gasteiger partial charge >= 0.3 is 0 Å². The van der Waals surface area contributed by atoms with E-state index in [9.17, 15) is 4.79 Å². The van der Waals surface area contributed by atoms with Crippen molar-refractivity contribution in [3.8, 4) is 0 Å². The first kappa shape index (κ1) is 19.5. The molecule has 0 radical (unpaired) electrons. The highest BCUT2D eigenvalue weighted by atomic mass is 16.5. The van der Waals surface area contributed by atoms with Gasteiger partial charge in [-0.1, -0.05) is 17.7 Å². The lowest BCUT2D eigenvalue weighted by molar-refractivity contribution is -0.142. The normalized spacial score (nSPS) is 20.0. The molecule has 29 heavy (non-hydrogen) atoms. The molecule has 2 saturated heterocycles. The number of amides is 1. The van der Waals surface area contributed by atoms with Crippen LogP contribution in [0.5, 0.6) is 0 Å². The van der Waals surface area contributed by atoms with E-state index in [1.165, 1.54) is 5.56 Å². The predicted molar refractivity (Wildman–Crippen MR) is 110 cm³/mol. The summed E-state index contributed by atoms with van der Waals surface area (Å²) in [4.78, 5) is 29.6. The van der Waals surface area contributed by atoms with Crippen LogP contribution in [0, 0.1) is 6.92 Å². The van der Waals surface area contributed by atoms with Crippen molar-refractivity contribution in [2.45, 2.75) is 32.4 Å². The van der Waals surface area contributed by atoms with Crippen LogP contribution >= 0.6 is 0 Å². The average Bonchev–Trinajstić information content (AvgIpc) is 3.24. The Morgan fingerprint density at radius 1 is 1.17 bits per heavy atom. The molecule has 9 nitrogen and oxygen atoms in total. The minimum absolute atomic E-state index is 0.121. The molecule has 154 valence electrons. The van der Waals surface area contributed by atoms with Crippen molar-refractivity contribution >= 4 is 23.5 Å². The first-order valence-electron chi connectivity index (χ1n) is 10.0. The SMILES string of the molecule is Cc1ccc(Nc2nc(N)nc(CN3CCN(C(=O)[C@H]4CCCO4)CC3)n2)cc1. The monoisotopic (exact) mass is 397 g/mol. The quantitative estimate of drug-likeness (QED) is 0.778. The molecule has 3 N–H and O–H groups in total. The summed E-state index contributed by atoms with van der Waals surface area (Å²) < 4.78 is 5.52. The number of rotatable bonds is 5. The lowest BCUT2D eigenvalue weighted by Crippen LogP contribution is -2.51.